The standard InChI is InChI=1S/C20H30O2/c1-6-19(4)10-9-14-13(11-19)7-8-16-18(2,3)15(17(21)22)12-20(14,16)5/h6,11,14-16H,1,7-10,12H2,2-5H3,(H,21,22)/t14-,15+,16-,19-,20+/m0/s1. The molecule has 3 aliphatic rings. The minimum Gasteiger partial charge on any atom is -0.481 e. The van der Waals surface area contributed by atoms with Crippen LogP contribution in [0.3, 0.4) is 0 Å². The molecule has 3 aliphatic carbocycles. The second-order valence-corrected chi connectivity index (χ2v) is 9.03. The predicted molar refractivity (Wildman–Crippen MR) is 89.5 cm³/mol. The summed E-state index contributed by atoms with van der Waals surface area (Å²) in [5.74, 6) is 0.298. The first kappa shape index (κ1) is 15.8. The summed E-state index contributed by atoms with van der Waals surface area (Å²) < 4.78 is 0. The van der Waals surface area contributed by atoms with E-state index < -0.39 is 5.97 Å². The van der Waals surface area contributed by atoms with Crippen LogP contribution >= 0.6 is 0 Å². The van der Waals surface area contributed by atoms with Gasteiger partial charge in [0, 0.05) is 5.41 Å². The van der Waals surface area contributed by atoms with E-state index in [1.54, 1.807) is 5.57 Å². The topological polar surface area (TPSA) is 37.3 Å². The summed E-state index contributed by atoms with van der Waals surface area (Å²) in [6.45, 7) is 13.0. The van der Waals surface area contributed by atoms with E-state index in [2.05, 4.69) is 46.4 Å². The van der Waals surface area contributed by atoms with Crippen LogP contribution in [0, 0.1) is 34.0 Å². The van der Waals surface area contributed by atoms with Gasteiger partial charge in [0.1, 0.15) is 0 Å². The molecular formula is C20H30O2. The van der Waals surface area contributed by atoms with Crippen molar-refractivity contribution in [2.45, 2.75) is 59.8 Å². The molecule has 0 spiro atoms. The van der Waals surface area contributed by atoms with Crippen LogP contribution < -0.4 is 0 Å². The summed E-state index contributed by atoms with van der Waals surface area (Å²) in [5.41, 5.74) is 1.77. The smallest absolute Gasteiger partial charge is 0.307 e. The average molecular weight is 302 g/mol. The predicted octanol–water partition coefficient (Wildman–Crippen LogP) is 5.06. The van der Waals surface area contributed by atoms with E-state index >= 15 is 0 Å². The second kappa shape index (κ2) is 4.72. The van der Waals surface area contributed by atoms with Crippen molar-refractivity contribution in [2.24, 2.45) is 34.0 Å². The Bertz CT molecular complexity index is 544. The minimum absolute atomic E-state index is 0.0920. The number of aliphatic carboxylic acids is 1. The van der Waals surface area contributed by atoms with E-state index in [1.807, 2.05) is 0 Å². The Kier molecular flexibility index (Phi) is 3.40. The van der Waals surface area contributed by atoms with Crippen LogP contribution in [0.5, 0.6) is 0 Å². The molecule has 2 nitrogen and oxygen atoms in total. The first-order valence-electron chi connectivity index (χ1n) is 8.72. The lowest BCUT2D eigenvalue weighted by Crippen LogP contribution is -2.43. The van der Waals surface area contributed by atoms with Crippen LogP contribution in [-0.2, 0) is 4.79 Å². The molecule has 0 aromatic heterocycles. The van der Waals surface area contributed by atoms with Crippen molar-refractivity contribution in [3.8, 4) is 0 Å². The van der Waals surface area contributed by atoms with Gasteiger partial charge in [0.05, 0.1) is 5.92 Å². The summed E-state index contributed by atoms with van der Waals surface area (Å²) in [7, 11) is 0. The molecule has 0 amide bonds. The molecule has 0 aliphatic heterocycles. The number of hydrogen-bond donors (Lipinski definition) is 1. The third-order valence-electron chi connectivity index (χ3n) is 7.45. The lowest BCUT2D eigenvalue weighted by molar-refractivity contribution is -0.145. The van der Waals surface area contributed by atoms with Gasteiger partial charge in [-0.25, -0.2) is 0 Å². The fraction of sp³-hybridized carbons (Fsp3) is 0.750. The van der Waals surface area contributed by atoms with Crippen molar-refractivity contribution in [3.05, 3.63) is 24.3 Å². The number of carbonyl (C=O) groups is 1. The van der Waals surface area contributed by atoms with Gasteiger partial charge in [0.25, 0.3) is 0 Å². The van der Waals surface area contributed by atoms with Gasteiger partial charge < -0.3 is 5.11 Å². The van der Waals surface area contributed by atoms with E-state index in [0.29, 0.717) is 11.8 Å². The zero-order chi connectivity index (χ0) is 16.3. The normalized spacial score (nSPS) is 46.4. The van der Waals surface area contributed by atoms with Crippen molar-refractivity contribution in [3.63, 3.8) is 0 Å². The first-order valence-corrected chi connectivity index (χ1v) is 8.72. The summed E-state index contributed by atoms with van der Waals surface area (Å²) in [4.78, 5) is 11.8. The van der Waals surface area contributed by atoms with Crippen LogP contribution in [0.4, 0.5) is 0 Å². The highest BCUT2D eigenvalue weighted by Gasteiger charge is 2.62. The molecule has 0 heterocycles. The Labute approximate surface area is 134 Å². The molecule has 122 valence electrons. The van der Waals surface area contributed by atoms with Crippen molar-refractivity contribution in [2.75, 3.05) is 0 Å². The van der Waals surface area contributed by atoms with Crippen LogP contribution in [0.25, 0.3) is 0 Å². The molecule has 2 heteroatoms. The Morgan fingerprint density at radius 3 is 2.59 bits per heavy atom. The maximum absolute atomic E-state index is 11.8. The van der Waals surface area contributed by atoms with E-state index in [9.17, 15) is 9.90 Å². The van der Waals surface area contributed by atoms with Crippen LogP contribution in [0.1, 0.15) is 59.8 Å². The Morgan fingerprint density at radius 2 is 2.00 bits per heavy atom. The molecule has 0 saturated heterocycles. The second-order valence-electron chi connectivity index (χ2n) is 9.03. The minimum atomic E-state index is -0.599. The summed E-state index contributed by atoms with van der Waals surface area (Å²) >= 11 is 0. The van der Waals surface area contributed by atoms with Gasteiger partial charge >= 0.3 is 5.97 Å². The SMILES string of the molecule is C=C[C@]1(C)C=C2CC[C@H]3C(C)(C)[C@@H](C(=O)O)C[C@]3(C)[C@H]2CC1. The van der Waals surface area contributed by atoms with E-state index in [0.717, 1.165) is 25.7 Å². The monoisotopic (exact) mass is 302 g/mol. The van der Waals surface area contributed by atoms with Gasteiger partial charge in [-0.1, -0.05) is 45.4 Å². The van der Waals surface area contributed by atoms with E-state index in [4.69, 9.17) is 0 Å². The molecule has 0 bridgehead atoms. The highest BCUT2D eigenvalue weighted by molar-refractivity contribution is 5.72. The Balaban J connectivity index is 2.00. The summed E-state index contributed by atoms with van der Waals surface area (Å²) in [6.07, 6.45) is 9.99. The zero-order valence-electron chi connectivity index (χ0n) is 14.5. The fourth-order valence-electron chi connectivity index (χ4n) is 6.14. The van der Waals surface area contributed by atoms with Gasteiger partial charge in [-0.3, -0.25) is 4.79 Å². The highest BCUT2D eigenvalue weighted by Crippen LogP contribution is 2.67. The number of rotatable bonds is 2. The summed E-state index contributed by atoms with van der Waals surface area (Å²) in [6, 6.07) is 0. The molecule has 0 aromatic rings. The van der Waals surface area contributed by atoms with Crippen molar-refractivity contribution >= 4 is 5.97 Å². The molecule has 2 saturated carbocycles. The van der Waals surface area contributed by atoms with Gasteiger partial charge in [-0.05, 0) is 54.8 Å². The quantitative estimate of drug-likeness (QED) is 0.724. The molecule has 22 heavy (non-hydrogen) atoms. The maximum Gasteiger partial charge on any atom is 0.307 e. The lowest BCUT2D eigenvalue weighted by Gasteiger charge is -2.51. The van der Waals surface area contributed by atoms with Gasteiger partial charge in [-0.2, -0.15) is 0 Å². The molecule has 5 atom stereocenters. The van der Waals surface area contributed by atoms with Crippen molar-refractivity contribution in [1.29, 1.82) is 0 Å². The molecular weight excluding hydrogens is 272 g/mol. The number of fused-ring (bicyclic) bond motifs is 3. The van der Waals surface area contributed by atoms with Crippen molar-refractivity contribution < 1.29 is 9.90 Å². The number of carboxylic acids is 1. The highest BCUT2D eigenvalue weighted by atomic mass is 16.4. The van der Waals surface area contributed by atoms with Crippen LogP contribution in [0.2, 0.25) is 0 Å². The average Bonchev–Trinajstić information content (AvgIpc) is 2.66. The molecule has 3 rings (SSSR count). The van der Waals surface area contributed by atoms with Gasteiger partial charge in [-0.15, -0.1) is 6.58 Å². The van der Waals surface area contributed by atoms with Crippen molar-refractivity contribution in [1.82, 2.24) is 0 Å². The van der Waals surface area contributed by atoms with Crippen LogP contribution in [0.15, 0.2) is 24.3 Å². The van der Waals surface area contributed by atoms with Crippen LogP contribution in [-0.4, -0.2) is 11.1 Å². The third kappa shape index (κ3) is 2.02. The maximum atomic E-state index is 11.8. The molecule has 1 N–H and O–H groups in total. The van der Waals surface area contributed by atoms with E-state index in [1.165, 1.54) is 6.42 Å². The first-order chi connectivity index (χ1) is 10.1. The molecule has 0 aromatic carbocycles. The zero-order valence-corrected chi connectivity index (χ0v) is 14.5. The third-order valence-corrected chi connectivity index (χ3v) is 7.45. The molecule has 0 unspecified atom stereocenters. The number of allylic oxidation sites excluding steroid dienone is 3. The lowest BCUT2D eigenvalue weighted by atomic mass is 9.53. The van der Waals surface area contributed by atoms with Gasteiger partial charge in [0.15, 0.2) is 0 Å². The fourth-order valence-corrected chi connectivity index (χ4v) is 6.14. The number of hydrogen-bond acceptors (Lipinski definition) is 1. The molecule has 0 radical (unpaired) electrons. The Morgan fingerprint density at radius 1 is 1.32 bits per heavy atom. The van der Waals surface area contributed by atoms with E-state index in [-0.39, 0.29) is 22.2 Å². The number of carboxylic acid groups (broad SMARTS) is 1. The van der Waals surface area contributed by atoms with Gasteiger partial charge in [0.2, 0.25) is 0 Å². The Hall–Kier alpha value is -1.05. The molecule has 2 fully saturated rings. The summed E-state index contributed by atoms with van der Waals surface area (Å²) in [5, 5.41) is 9.70. The largest absolute Gasteiger partial charge is 0.481 e.